The van der Waals surface area contributed by atoms with Crippen LogP contribution in [0, 0.1) is 0 Å². The van der Waals surface area contributed by atoms with Gasteiger partial charge in [-0.05, 0) is 42.3 Å². The molecule has 0 fully saturated rings. The number of nitrogens with zero attached hydrogens (tertiary/aromatic N) is 2. The highest BCUT2D eigenvalue weighted by atomic mass is 127. The van der Waals surface area contributed by atoms with Gasteiger partial charge in [0.05, 0.1) is 17.5 Å². The smallest absolute Gasteiger partial charge is 0.242 e. The lowest BCUT2D eigenvalue weighted by molar-refractivity contribution is 0.520. The van der Waals surface area contributed by atoms with Crippen LogP contribution in [-0.2, 0) is 16.6 Å². The summed E-state index contributed by atoms with van der Waals surface area (Å²) in [6.45, 7) is 2.24. The number of halogens is 3. The van der Waals surface area contributed by atoms with Crippen molar-refractivity contribution in [2.24, 2.45) is 10.7 Å². The van der Waals surface area contributed by atoms with Crippen LogP contribution in [0.25, 0.3) is 0 Å². The second-order valence-corrected chi connectivity index (χ2v) is 9.16. The van der Waals surface area contributed by atoms with E-state index < -0.39 is 10.0 Å². The summed E-state index contributed by atoms with van der Waals surface area (Å²) in [4.78, 5) is 4.52. The van der Waals surface area contributed by atoms with Crippen molar-refractivity contribution in [3.63, 3.8) is 0 Å². The molecule has 10 heteroatoms. The predicted molar refractivity (Wildman–Crippen MR) is 126 cm³/mol. The molecule has 3 N–H and O–H groups in total. The molecule has 0 radical (unpaired) electrons. The summed E-state index contributed by atoms with van der Waals surface area (Å²) in [5.74, 6) is 0.263. The first kappa shape index (κ1) is 25.0. The summed E-state index contributed by atoms with van der Waals surface area (Å²) in [5.41, 5.74) is 7.65. The average Bonchev–Trinajstić information content (AvgIpc) is 2.60. The van der Waals surface area contributed by atoms with Crippen LogP contribution in [-0.4, -0.2) is 32.8 Å². The molecule has 0 bridgehead atoms. The Morgan fingerprint density at radius 3 is 2.32 bits per heavy atom. The van der Waals surface area contributed by atoms with Gasteiger partial charge in [0.15, 0.2) is 5.96 Å². The van der Waals surface area contributed by atoms with Crippen molar-refractivity contribution in [2.75, 3.05) is 14.1 Å². The molecule has 6 nitrogen and oxygen atoms in total. The molecule has 1 atom stereocenters. The number of rotatable bonds is 6. The van der Waals surface area contributed by atoms with E-state index in [9.17, 15) is 8.42 Å². The highest BCUT2D eigenvalue weighted by Gasteiger charge is 2.16. The zero-order valence-corrected chi connectivity index (χ0v) is 20.3. The van der Waals surface area contributed by atoms with Crippen LogP contribution in [0.1, 0.15) is 24.1 Å². The van der Waals surface area contributed by atoms with Gasteiger partial charge in [0, 0.05) is 24.1 Å². The van der Waals surface area contributed by atoms with Crippen LogP contribution < -0.4 is 11.1 Å². The van der Waals surface area contributed by atoms with Crippen molar-refractivity contribution in [2.45, 2.75) is 24.4 Å². The van der Waals surface area contributed by atoms with E-state index in [-0.39, 0.29) is 40.9 Å². The summed E-state index contributed by atoms with van der Waals surface area (Å²) < 4.78 is 25.3. The molecule has 0 aliphatic rings. The molecule has 2 rings (SSSR count). The van der Waals surface area contributed by atoms with Gasteiger partial charge in [-0.1, -0.05) is 41.4 Å². The molecule has 0 aliphatic carbocycles. The van der Waals surface area contributed by atoms with Crippen molar-refractivity contribution in [3.8, 4) is 0 Å². The second-order valence-electron chi connectivity index (χ2n) is 6.16. The zero-order valence-electron chi connectivity index (χ0n) is 15.7. The summed E-state index contributed by atoms with van der Waals surface area (Å²) in [6.07, 6.45) is 0. The first-order valence-electron chi connectivity index (χ1n) is 8.14. The molecule has 28 heavy (non-hydrogen) atoms. The quantitative estimate of drug-likeness (QED) is 0.319. The van der Waals surface area contributed by atoms with Gasteiger partial charge >= 0.3 is 0 Å². The van der Waals surface area contributed by atoms with Gasteiger partial charge < -0.3 is 11.1 Å². The van der Waals surface area contributed by atoms with Gasteiger partial charge in [0.2, 0.25) is 10.0 Å². The normalized spacial score (nSPS) is 13.1. The van der Waals surface area contributed by atoms with Crippen molar-refractivity contribution < 1.29 is 8.42 Å². The predicted octanol–water partition coefficient (Wildman–Crippen LogP) is 4.03. The molecule has 154 valence electrons. The second kappa shape index (κ2) is 10.6. The maximum Gasteiger partial charge on any atom is 0.242 e. The third kappa shape index (κ3) is 6.48. The SMILES string of the molecule is CC(NC(N)=NCc1ccc(S(=O)(=O)N(C)C)cc1)c1ccc(Cl)cc1Cl.I. The number of sulfonamides is 1. The van der Waals surface area contributed by atoms with Gasteiger partial charge in [0.25, 0.3) is 0 Å². The van der Waals surface area contributed by atoms with E-state index in [4.69, 9.17) is 28.9 Å². The van der Waals surface area contributed by atoms with Crippen LogP contribution in [0.4, 0.5) is 0 Å². The Labute approximate surface area is 193 Å². The molecule has 0 aromatic heterocycles. The standard InChI is InChI=1S/C18H22Cl2N4O2S.HI/c1-12(16-9-6-14(19)10-17(16)20)23-18(21)22-11-13-4-7-15(8-5-13)27(25,26)24(2)3;/h4-10,12H,11H2,1-3H3,(H3,21,22,23);1H. The topological polar surface area (TPSA) is 87.8 Å². The lowest BCUT2D eigenvalue weighted by Crippen LogP contribution is -2.34. The Kier molecular flexibility index (Phi) is 9.48. The van der Waals surface area contributed by atoms with Gasteiger partial charge in [-0.3, -0.25) is 0 Å². The highest BCUT2D eigenvalue weighted by Crippen LogP contribution is 2.26. The molecule has 0 amide bonds. The van der Waals surface area contributed by atoms with Crippen LogP contribution in [0.3, 0.4) is 0 Å². The third-order valence-corrected chi connectivity index (χ3v) is 6.32. The molecule has 0 aliphatic heterocycles. The molecule has 2 aromatic carbocycles. The fourth-order valence-corrected chi connectivity index (χ4v) is 3.83. The van der Waals surface area contributed by atoms with Gasteiger partial charge in [0.1, 0.15) is 0 Å². The third-order valence-electron chi connectivity index (χ3n) is 3.93. The Balaban J connectivity index is 0.00000392. The van der Waals surface area contributed by atoms with Gasteiger partial charge in [-0.15, -0.1) is 24.0 Å². The number of hydrogen-bond donors (Lipinski definition) is 2. The average molecular weight is 557 g/mol. The molecular weight excluding hydrogens is 534 g/mol. The number of nitrogens with one attached hydrogen (secondary N) is 1. The minimum Gasteiger partial charge on any atom is -0.370 e. The Morgan fingerprint density at radius 2 is 1.79 bits per heavy atom. The summed E-state index contributed by atoms with van der Waals surface area (Å²) in [5, 5.41) is 4.19. The van der Waals surface area contributed by atoms with Crippen LogP contribution in [0.5, 0.6) is 0 Å². The zero-order chi connectivity index (χ0) is 20.2. The monoisotopic (exact) mass is 556 g/mol. The summed E-state index contributed by atoms with van der Waals surface area (Å²) >= 11 is 12.1. The Hall–Kier alpha value is -1.07. The van der Waals surface area contributed by atoms with Crippen molar-refractivity contribution in [1.29, 1.82) is 0 Å². The lowest BCUT2D eigenvalue weighted by atomic mass is 10.1. The first-order chi connectivity index (χ1) is 12.6. The van der Waals surface area contributed by atoms with Crippen molar-refractivity contribution in [1.82, 2.24) is 9.62 Å². The number of hydrogen-bond acceptors (Lipinski definition) is 3. The van der Waals surface area contributed by atoms with Crippen LogP contribution in [0.15, 0.2) is 52.4 Å². The molecule has 1 unspecified atom stereocenters. The largest absolute Gasteiger partial charge is 0.370 e. The van der Waals surface area contributed by atoms with E-state index in [1.54, 1.807) is 36.4 Å². The molecule has 0 saturated heterocycles. The first-order valence-corrected chi connectivity index (χ1v) is 10.3. The number of nitrogens with two attached hydrogens (primary N) is 1. The van der Waals surface area contributed by atoms with E-state index in [0.717, 1.165) is 11.1 Å². The van der Waals surface area contributed by atoms with E-state index in [2.05, 4.69) is 10.3 Å². The minimum atomic E-state index is -3.44. The maximum atomic E-state index is 12.1. The van der Waals surface area contributed by atoms with E-state index in [0.29, 0.717) is 16.6 Å². The van der Waals surface area contributed by atoms with Crippen molar-refractivity contribution in [3.05, 3.63) is 63.6 Å². The van der Waals surface area contributed by atoms with E-state index in [1.165, 1.54) is 18.4 Å². The van der Waals surface area contributed by atoms with Gasteiger partial charge in [-0.25, -0.2) is 17.7 Å². The molecule has 0 saturated carbocycles. The maximum absolute atomic E-state index is 12.1. The van der Waals surface area contributed by atoms with E-state index >= 15 is 0 Å². The molecule has 0 heterocycles. The molecule has 2 aromatic rings. The van der Waals surface area contributed by atoms with E-state index in [1.807, 2.05) is 13.0 Å². The fraction of sp³-hybridized carbons (Fsp3) is 0.278. The number of benzene rings is 2. The number of aliphatic imine (C=N–C) groups is 1. The van der Waals surface area contributed by atoms with Crippen LogP contribution in [0.2, 0.25) is 10.0 Å². The molecule has 0 spiro atoms. The minimum absolute atomic E-state index is 0. The Morgan fingerprint density at radius 1 is 1.18 bits per heavy atom. The summed E-state index contributed by atoms with van der Waals surface area (Å²) in [6, 6.07) is 11.7. The van der Waals surface area contributed by atoms with Crippen LogP contribution >= 0.6 is 47.2 Å². The lowest BCUT2D eigenvalue weighted by Gasteiger charge is -2.16. The van der Waals surface area contributed by atoms with Gasteiger partial charge in [-0.2, -0.15) is 0 Å². The summed E-state index contributed by atoms with van der Waals surface area (Å²) in [7, 11) is -0.452. The number of guanidine groups is 1. The Bertz CT molecular complexity index is 935. The fourth-order valence-electron chi connectivity index (χ4n) is 2.35. The van der Waals surface area contributed by atoms with Crippen molar-refractivity contribution >= 4 is 63.2 Å². The molecular formula is C18H23Cl2IN4O2S. The highest BCUT2D eigenvalue weighted by molar-refractivity contribution is 14.0.